The number of hydrogen-bond acceptors (Lipinski definition) is 2. The van der Waals surface area contributed by atoms with Gasteiger partial charge < -0.3 is 5.32 Å². The van der Waals surface area contributed by atoms with Crippen LogP contribution in [-0.4, -0.2) is 30.0 Å². The predicted octanol–water partition coefficient (Wildman–Crippen LogP) is 0.783. The van der Waals surface area contributed by atoms with E-state index in [4.69, 9.17) is 12.6 Å². The van der Waals surface area contributed by atoms with E-state index >= 15 is 0 Å². The molecule has 1 aliphatic heterocycles. The Morgan fingerprint density at radius 1 is 1.78 bits per heavy atom. The fourth-order valence-corrected chi connectivity index (χ4v) is 1.21. The molecule has 0 saturated carbocycles. The molecule has 0 aliphatic carbocycles. The van der Waals surface area contributed by atoms with Crippen molar-refractivity contribution in [2.75, 3.05) is 19.8 Å². The summed E-state index contributed by atoms with van der Waals surface area (Å²) in [6, 6.07) is 0. The van der Waals surface area contributed by atoms with Crippen molar-refractivity contribution in [1.29, 1.82) is 0 Å². The molecule has 1 aliphatic rings. The van der Waals surface area contributed by atoms with Crippen molar-refractivity contribution in [2.45, 2.75) is 18.7 Å². The van der Waals surface area contributed by atoms with Crippen LogP contribution in [0.5, 0.6) is 0 Å². The first kappa shape index (κ1) is 7.38. The minimum atomic E-state index is 0.347. The van der Waals surface area contributed by atoms with Crippen LogP contribution in [0.15, 0.2) is 0 Å². The first-order chi connectivity index (χ1) is 4.34. The van der Waals surface area contributed by atoms with E-state index in [0.717, 1.165) is 26.2 Å². The number of hydrogen-bond donors (Lipinski definition) is 1. The van der Waals surface area contributed by atoms with Gasteiger partial charge in [-0.25, -0.2) is 0 Å². The summed E-state index contributed by atoms with van der Waals surface area (Å²) in [5.74, 6) is 0. The van der Waals surface area contributed by atoms with Gasteiger partial charge in [-0.15, -0.1) is 0 Å². The minimum Gasteiger partial charge on any atom is -0.303 e. The number of nitrogens with zero attached hydrogens (tertiary/aromatic N) is 1. The Hall–Kier alpha value is 0.270. The zero-order chi connectivity index (χ0) is 6.69. The largest absolute Gasteiger partial charge is 0.303 e. The van der Waals surface area contributed by atoms with Crippen LogP contribution in [-0.2, 0) is 0 Å². The van der Waals surface area contributed by atoms with E-state index in [-0.39, 0.29) is 0 Å². The highest BCUT2D eigenvalue weighted by molar-refractivity contribution is 7.80. The topological polar surface area (TPSA) is 15.3 Å². The van der Waals surface area contributed by atoms with Gasteiger partial charge in [0.1, 0.15) is 0 Å². The molecule has 1 fully saturated rings. The molecule has 0 aromatic carbocycles. The fraction of sp³-hybridized carbons (Fsp3) is 1.00. The van der Waals surface area contributed by atoms with Gasteiger partial charge in [0, 0.05) is 19.8 Å². The third-order valence-corrected chi connectivity index (χ3v) is 2.28. The summed E-state index contributed by atoms with van der Waals surface area (Å²) in [7, 11) is 0. The zero-order valence-corrected chi connectivity index (χ0v) is 6.58. The lowest BCUT2D eigenvalue weighted by atomic mass is 10.4. The molecule has 9 heavy (non-hydrogen) atoms. The van der Waals surface area contributed by atoms with E-state index in [9.17, 15) is 0 Å². The summed E-state index contributed by atoms with van der Waals surface area (Å²) < 4.78 is 0. The van der Waals surface area contributed by atoms with Crippen molar-refractivity contribution in [1.82, 2.24) is 10.2 Å². The molecule has 1 saturated heterocycles. The van der Waals surface area contributed by atoms with E-state index in [1.54, 1.807) is 0 Å². The van der Waals surface area contributed by atoms with Crippen LogP contribution in [0.4, 0.5) is 0 Å². The van der Waals surface area contributed by atoms with Crippen molar-refractivity contribution in [2.24, 2.45) is 0 Å². The van der Waals surface area contributed by atoms with E-state index in [1.807, 2.05) is 0 Å². The third-order valence-electron chi connectivity index (χ3n) is 1.65. The van der Waals surface area contributed by atoms with E-state index < -0.39 is 0 Å². The Balaban J connectivity index is 2.24. The van der Waals surface area contributed by atoms with Crippen molar-refractivity contribution in [3.63, 3.8) is 0 Å². The monoisotopic (exact) mass is 145 g/mol. The van der Waals surface area contributed by atoms with Crippen LogP contribution in [0.1, 0.15) is 13.3 Å². The maximum Gasteiger partial charge on any atom is 0.0670 e. The Morgan fingerprint density at radius 2 is 2.56 bits per heavy atom. The highest BCUT2D eigenvalue weighted by Gasteiger charge is 2.16. The second-order valence-corrected chi connectivity index (χ2v) is 2.88. The average molecular weight is 145 g/mol. The summed E-state index contributed by atoms with van der Waals surface area (Å²) in [6.45, 7) is 5.35. The van der Waals surface area contributed by atoms with Crippen LogP contribution in [0.25, 0.3) is 0 Å². The normalized spacial score (nSPS) is 24.7. The van der Waals surface area contributed by atoms with Crippen molar-refractivity contribution < 1.29 is 0 Å². The van der Waals surface area contributed by atoms with Crippen molar-refractivity contribution in [3.05, 3.63) is 0 Å². The SMILES string of the molecule is CCC([S])N1CCNC1. The molecule has 3 heteroatoms. The molecule has 0 spiro atoms. The Kier molecular flexibility index (Phi) is 2.82. The van der Waals surface area contributed by atoms with Crippen LogP contribution < -0.4 is 5.32 Å². The summed E-state index contributed by atoms with van der Waals surface area (Å²) >= 11 is 5.18. The van der Waals surface area contributed by atoms with Crippen molar-refractivity contribution in [3.8, 4) is 0 Å². The smallest absolute Gasteiger partial charge is 0.0670 e. The second-order valence-electron chi connectivity index (χ2n) is 2.33. The van der Waals surface area contributed by atoms with E-state index in [0.29, 0.717) is 5.37 Å². The van der Waals surface area contributed by atoms with E-state index in [1.165, 1.54) is 0 Å². The van der Waals surface area contributed by atoms with Gasteiger partial charge in [0.25, 0.3) is 0 Å². The maximum absolute atomic E-state index is 5.18. The molecule has 1 atom stereocenters. The molecule has 1 N–H and O–H groups in total. The average Bonchev–Trinajstić information content (AvgIpc) is 2.37. The van der Waals surface area contributed by atoms with Crippen LogP contribution in [0, 0.1) is 0 Å². The van der Waals surface area contributed by atoms with Gasteiger partial charge in [-0.2, -0.15) is 0 Å². The molecule has 2 nitrogen and oxygen atoms in total. The zero-order valence-electron chi connectivity index (χ0n) is 5.76. The standard InChI is InChI=1S/C6H13N2S/c1-2-6(9)8-4-3-7-5-8/h6-7H,2-5H2,1H3. The highest BCUT2D eigenvalue weighted by atomic mass is 32.1. The predicted molar refractivity (Wildman–Crippen MR) is 41.2 cm³/mol. The molecular weight excluding hydrogens is 132 g/mol. The van der Waals surface area contributed by atoms with Gasteiger partial charge in [0.05, 0.1) is 5.37 Å². The quantitative estimate of drug-likeness (QED) is 0.618. The second kappa shape index (κ2) is 3.44. The molecule has 1 rings (SSSR count). The summed E-state index contributed by atoms with van der Waals surface area (Å²) in [5, 5.41) is 3.59. The molecule has 53 valence electrons. The molecule has 0 bridgehead atoms. The Labute approximate surface area is 62.0 Å². The van der Waals surface area contributed by atoms with Gasteiger partial charge in [0.15, 0.2) is 0 Å². The number of nitrogens with one attached hydrogen (secondary N) is 1. The van der Waals surface area contributed by atoms with Gasteiger partial charge in [0.2, 0.25) is 0 Å². The highest BCUT2D eigenvalue weighted by Crippen LogP contribution is 2.08. The summed E-state index contributed by atoms with van der Waals surface area (Å²) in [6.07, 6.45) is 1.08. The van der Waals surface area contributed by atoms with Gasteiger partial charge in [-0.05, 0) is 6.42 Å². The summed E-state index contributed by atoms with van der Waals surface area (Å²) in [5.41, 5.74) is 0. The maximum atomic E-state index is 5.18. The van der Waals surface area contributed by atoms with Crippen LogP contribution in [0.2, 0.25) is 0 Å². The van der Waals surface area contributed by atoms with Crippen molar-refractivity contribution >= 4 is 12.6 Å². The van der Waals surface area contributed by atoms with E-state index in [2.05, 4.69) is 17.1 Å². The first-order valence-corrected chi connectivity index (χ1v) is 3.92. The molecule has 1 heterocycles. The number of rotatable bonds is 2. The fourth-order valence-electron chi connectivity index (χ4n) is 1.03. The Morgan fingerprint density at radius 3 is 3.00 bits per heavy atom. The van der Waals surface area contributed by atoms with Crippen LogP contribution in [0.3, 0.4) is 0 Å². The third kappa shape index (κ3) is 1.85. The molecule has 0 aromatic heterocycles. The summed E-state index contributed by atoms with van der Waals surface area (Å²) in [4.78, 5) is 2.29. The molecule has 1 unspecified atom stereocenters. The molecule has 1 radical (unpaired) electrons. The van der Waals surface area contributed by atoms with Gasteiger partial charge in [-0.1, -0.05) is 19.6 Å². The lowest BCUT2D eigenvalue weighted by molar-refractivity contribution is 0.310. The van der Waals surface area contributed by atoms with Gasteiger partial charge in [-0.3, -0.25) is 4.90 Å². The molecular formula is C6H13N2S. The van der Waals surface area contributed by atoms with Crippen LogP contribution >= 0.6 is 12.6 Å². The molecule has 0 amide bonds. The first-order valence-electron chi connectivity index (χ1n) is 3.45. The Bertz CT molecular complexity index is 81.1. The van der Waals surface area contributed by atoms with Gasteiger partial charge >= 0.3 is 0 Å². The lowest BCUT2D eigenvalue weighted by Crippen LogP contribution is -2.29. The lowest BCUT2D eigenvalue weighted by Gasteiger charge is -2.18. The minimum absolute atomic E-state index is 0.347. The molecule has 0 aromatic rings.